The Morgan fingerprint density at radius 1 is 1.33 bits per heavy atom. The van der Waals surface area contributed by atoms with E-state index in [1.54, 1.807) is 30.1 Å². The van der Waals surface area contributed by atoms with Crippen LogP contribution in [0.3, 0.4) is 0 Å². The Hall–Kier alpha value is -1.47. The van der Waals surface area contributed by atoms with Crippen LogP contribution in [0.5, 0.6) is 0 Å². The zero-order chi connectivity index (χ0) is 15.6. The van der Waals surface area contributed by atoms with Gasteiger partial charge in [-0.25, -0.2) is 17.8 Å². The Morgan fingerprint density at radius 2 is 2.05 bits per heavy atom. The molecule has 0 fully saturated rings. The van der Waals surface area contributed by atoms with Crippen LogP contribution in [0.25, 0.3) is 0 Å². The van der Waals surface area contributed by atoms with Gasteiger partial charge >= 0.3 is 0 Å². The largest absolute Gasteiger partial charge is 0.354 e. The third kappa shape index (κ3) is 3.79. The summed E-state index contributed by atoms with van der Waals surface area (Å²) in [5.74, 6) is -0.0405. The van der Waals surface area contributed by atoms with Crippen LogP contribution in [0, 0.1) is 5.82 Å². The fourth-order valence-electron chi connectivity index (χ4n) is 1.95. The Labute approximate surface area is 131 Å². The molecule has 0 saturated heterocycles. The van der Waals surface area contributed by atoms with Crippen LogP contribution in [0.1, 0.15) is 5.56 Å². The van der Waals surface area contributed by atoms with Crippen LogP contribution in [0.15, 0.2) is 45.9 Å². The number of aromatic nitrogens is 1. The first-order valence-corrected chi connectivity index (χ1v) is 8.77. The summed E-state index contributed by atoms with van der Waals surface area (Å²) in [6, 6.07) is 7.69. The third-order valence-electron chi connectivity index (χ3n) is 2.93. The molecule has 0 saturated carbocycles. The highest BCUT2D eigenvalue weighted by molar-refractivity contribution is 9.10. The lowest BCUT2D eigenvalue weighted by atomic mass is 10.2. The number of sulfone groups is 1. The predicted octanol–water partition coefficient (Wildman–Crippen LogP) is 3.02. The van der Waals surface area contributed by atoms with Gasteiger partial charge in [-0.2, -0.15) is 0 Å². The molecule has 1 heterocycles. The maximum Gasteiger partial charge on any atom is 0.179 e. The van der Waals surface area contributed by atoms with Gasteiger partial charge in [0.2, 0.25) is 0 Å². The predicted molar refractivity (Wildman–Crippen MR) is 83.6 cm³/mol. The molecule has 0 spiro atoms. The SMILES string of the molecule is CN(Cc1cc(Br)ccc1F)c1ncccc1S(C)(=O)=O. The molecule has 0 radical (unpaired) electrons. The number of pyridine rings is 1. The second-order valence-corrected chi connectivity index (χ2v) is 7.59. The van der Waals surface area contributed by atoms with Gasteiger partial charge in [0.15, 0.2) is 9.84 Å². The molecule has 112 valence electrons. The summed E-state index contributed by atoms with van der Waals surface area (Å²) < 4.78 is 38.1. The Kier molecular flexibility index (Phi) is 4.63. The minimum Gasteiger partial charge on any atom is -0.354 e. The van der Waals surface area contributed by atoms with Gasteiger partial charge in [0.1, 0.15) is 16.5 Å². The number of hydrogen-bond acceptors (Lipinski definition) is 4. The zero-order valence-electron chi connectivity index (χ0n) is 11.5. The summed E-state index contributed by atoms with van der Waals surface area (Å²) in [4.78, 5) is 5.85. The fourth-order valence-corrected chi connectivity index (χ4v) is 3.23. The topological polar surface area (TPSA) is 50.3 Å². The molecule has 2 rings (SSSR count). The summed E-state index contributed by atoms with van der Waals surface area (Å²) >= 11 is 3.29. The van der Waals surface area contributed by atoms with E-state index in [4.69, 9.17) is 0 Å². The first-order valence-electron chi connectivity index (χ1n) is 6.09. The molecule has 0 atom stereocenters. The minimum atomic E-state index is -3.40. The molecule has 0 aliphatic rings. The van der Waals surface area contributed by atoms with Gasteiger partial charge in [-0.3, -0.25) is 0 Å². The Morgan fingerprint density at radius 3 is 2.71 bits per heavy atom. The van der Waals surface area contributed by atoms with Crippen molar-refractivity contribution in [3.8, 4) is 0 Å². The van der Waals surface area contributed by atoms with Gasteiger partial charge in [-0.05, 0) is 30.3 Å². The summed E-state index contributed by atoms with van der Waals surface area (Å²) in [6.07, 6.45) is 2.64. The molecule has 0 unspecified atom stereocenters. The van der Waals surface area contributed by atoms with Crippen molar-refractivity contribution in [2.24, 2.45) is 0 Å². The average molecular weight is 373 g/mol. The number of halogens is 2. The first-order chi connectivity index (χ1) is 9.79. The van der Waals surface area contributed by atoms with Crippen molar-refractivity contribution in [2.75, 3.05) is 18.2 Å². The maximum atomic E-state index is 13.8. The van der Waals surface area contributed by atoms with Crippen LogP contribution in [-0.2, 0) is 16.4 Å². The normalized spacial score (nSPS) is 11.4. The lowest BCUT2D eigenvalue weighted by Crippen LogP contribution is -2.21. The van der Waals surface area contributed by atoms with Crippen LogP contribution in [0.4, 0.5) is 10.2 Å². The van der Waals surface area contributed by atoms with Crippen molar-refractivity contribution in [1.82, 2.24) is 4.98 Å². The smallest absolute Gasteiger partial charge is 0.179 e. The fraction of sp³-hybridized carbons (Fsp3) is 0.214. The highest BCUT2D eigenvalue weighted by Crippen LogP contribution is 2.24. The standard InChI is InChI=1S/C14H14BrFN2O2S/c1-18(9-10-8-11(15)5-6-12(10)16)14-13(21(2,19)20)4-3-7-17-14/h3-8H,9H2,1-2H3. The molecule has 1 aromatic heterocycles. The Balaban J connectivity index is 2.38. The zero-order valence-corrected chi connectivity index (χ0v) is 13.9. The Bertz CT molecular complexity index is 765. The maximum absolute atomic E-state index is 13.8. The number of nitrogens with zero attached hydrogens (tertiary/aromatic N) is 2. The van der Waals surface area contributed by atoms with E-state index < -0.39 is 9.84 Å². The third-order valence-corrected chi connectivity index (χ3v) is 4.54. The number of benzene rings is 1. The molecule has 1 aromatic carbocycles. The molecule has 2 aromatic rings. The molecule has 0 aliphatic carbocycles. The molecule has 0 bridgehead atoms. The molecule has 0 amide bonds. The van der Waals surface area contributed by atoms with E-state index in [0.717, 1.165) is 10.7 Å². The van der Waals surface area contributed by atoms with Gasteiger partial charge in [-0.1, -0.05) is 15.9 Å². The highest BCUT2D eigenvalue weighted by Gasteiger charge is 2.18. The molecule has 0 aliphatic heterocycles. The van der Waals surface area contributed by atoms with Crippen LogP contribution in [-0.4, -0.2) is 26.7 Å². The lowest BCUT2D eigenvalue weighted by molar-refractivity contribution is 0.599. The van der Waals surface area contributed by atoms with E-state index in [1.165, 1.54) is 18.3 Å². The van der Waals surface area contributed by atoms with Gasteiger partial charge in [0.25, 0.3) is 0 Å². The number of hydrogen-bond donors (Lipinski definition) is 0. The number of rotatable bonds is 4. The van der Waals surface area contributed by atoms with E-state index >= 15 is 0 Å². The lowest BCUT2D eigenvalue weighted by Gasteiger charge is -2.20. The van der Waals surface area contributed by atoms with Crippen LogP contribution in [0.2, 0.25) is 0 Å². The van der Waals surface area contributed by atoms with Gasteiger partial charge in [-0.15, -0.1) is 0 Å². The van der Waals surface area contributed by atoms with Crippen molar-refractivity contribution in [1.29, 1.82) is 0 Å². The molecular weight excluding hydrogens is 359 g/mol. The van der Waals surface area contributed by atoms with Gasteiger partial charge in [0.05, 0.1) is 0 Å². The van der Waals surface area contributed by atoms with E-state index in [9.17, 15) is 12.8 Å². The summed E-state index contributed by atoms with van der Waals surface area (Å²) in [5, 5.41) is 0. The molecule has 0 N–H and O–H groups in total. The molecular formula is C14H14BrFN2O2S. The average Bonchev–Trinajstić information content (AvgIpc) is 2.42. The molecule has 7 heteroatoms. The minimum absolute atomic E-state index is 0.128. The molecule has 4 nitrogen and oxygen atoms in total. The summed E-state index contributed by atoms with van der Waals surface area (Å²) in [5.41, 5.74) is 0.456. The second kappa shape index (κ2) is 6.11. The quantitative estimate of drug-likeness (QED) is 0.827. The van der Waals surface area contributed by atoms with Crippen LogP contribution >= 0.6 is 15.9 Å². The highest BCUT2D eigenvalue weighted by atomic mass is 79.9. The van der Waals surface area contributed by atoms with Crippen molar-refractivity contribution >= 4 is 31.6 Å². The van der Waals surface area contributed by atoms with E-state index in [0.29, 0.717) is 11.4 Å². The van der Waals surface area contributed by atoms with Gasteiger partial charge < -0.3 is 4.90 Å². The molecule has 21 heavy (non-hydrogen) atoms. The van der Waals surface area contributed by atoms with Gasteiger partial charge in [0, 0.05) is 36.1 Å². The van der Waals surface area contributed by atoms with E-state index in [2.05, 4.69) is 20.9 Å². The van der Waals surface area contributed by atoms with Crippen molar-refractivity contribution < 1.29 is 12.8 Å². The van der Waals surface area contributed by atoms with Crippen LogP contribution < -0.4 is 4.90 Å². The first kappa shape index (κ1) is 15.9. The van der Waals surface area contributed by atoms with Crippen molar-refractivity contribution in [2.45, 2.75) is 11.4 Å². The second-order valence-electron chi connectivity index (χ2n) is 4.69. The van der Waals surface area contributed by atoms with E-state index in [-0.39, 0.29) is 17.3 Å². The number of anilines is 1. The monoisotopic (exact) mass is 372 g/mol. The van der Waals surface area contributed by atoms with E-state index in [1.807, 2.05) is 0 Å². The summed E-state index contributed by atoms with van der Waals surface area (Å²) in [6.45, 7) is 0.213. The summed E-state index contributed by atoms with van der Waals surface area (Å²) in [7, 11) is -1.72. The van der Waals surface area contributed by atoms with Crippen molar-refractivity contribution in [3.63, 3.8) is 0 Å². The van der Waals surface area contributed by atoms with Crippen molar-refractivity contribution in [3.05, 3.63) is 52.4 Å².